The third-order valence-corrected chi connectivity index (χ3v) is 21.1. The highest BCUT2D eigenvalue weighted by Gasteiger charge is 2.49. The van der Waals surface area contributed by atoms with E-state index in [2.05, 4.69) is 14.7 Å². The van der Waals surface area contributed by atoms with E-state index in [1.54, 1.807) is 43.0 Å². The van der Waals surface area contributed by atoms with Crippen LogP contribution >= 0.6 is 30.9 Å². The molecule has 4 heterocycles. The van der Waals surface area contributed by atoms with E-state index in [4.69, 9.17) is 20.9 Å². The molecule has 0 unspecified atom stereocenters. The number of benzene rings is 5. The van der Waals surface area contributed by atoms with E-state index < -0.39 is 43.4 Å². The first-order valence-corrected chi connectivity index (χ1v) is 31.5. The third kappa shape index (κ3) is 11.9. The lowest BCUT2D eigenvalue weighted by atomic mass is 9.97. The topological polar surface area (TPSA) is 122 Å². The van der Waals surface area contributed by atoms with E-state index in [0.717, 1.165) is 35.3 Å². The van der Waals surface area contributed by atoms with Crippen LogP contribution in [0.3, 0.4) is 0 Å². The number of aromatic nitrogens is 1. The first-order valence-electron chi connectivity index (χ1n) is 25.2. The molecule has 0 amide bonds. The van der Waals surface area contributed by atoms with Crippen LogP contribution in [0.25, 0.3) is 22.4 Å². The van der Waals surface area contributed by atoms with Gasteiger partial charge in [-0.15, -0.1) is 11.8 Å². The molecule has 406 valence electrons. The Morgan fingerprint density at radius 1 is 0.750 bits per heavy atom. The van der Waals surface area contributed by atoms with Crippen LogP contribution in [0.2, 0.25) is 5.02 Å². The van der Waals surface area contributed by atoms with Crippen LogP contribution in [0.4, 0.5) is 34.6 Å². The molecule has 1 aromatic heterocycles. The molecule has 76 heavy (non-hydrogen) atoms. The summed E-state index contributed by atoms with van der Waals surface area (Å²) in [5.74, 6) is -0.179. The molecule has 5 aromatic carbocycles. The van der Waals surface area contributed by atoms with Crippen molar-refractivity contribution in [1.29, 1.82) is 0 Å². The molecular weight excluding hydrogens is 1080 g/mol. The van der Waals surface area contributed by atoms with Gasteiger partial charge < -0.3 is 23.6 Å². The Bertz CT molecular complexity index is 3320. The lowest BCUT2D eigenvalue weighted by Gasteiger charge is -2.37. The van der Waals surface area contributed by atoms with E-state index in [1.807, 2.05) is 79.1 Å². The highest BCUT2D eigenvalue weighted by molar-refractivity contribution is 7.99. The molecule has 2 atom stereocenters. The van der Waals surface area contributed by atoms with Crippen LogP contribution in [0.15, 0.2) is 130 Å². The first kappa shape index (κ1) is 55.9. The van der Waals surface area contributed by atoms with Crippen molar-refractivity contribution in [3.8, 4) is 22.4 Å². The number of ether oxygens (including phenoxy) is 1. The summed E-state index contributed by atoms with van der Waals surface area (Å²) >= 11 is 7.83. The number of hydrogen-bond donors (Lipinski definition) is 0. The predicted octanol–water partition coefficient (Wildman–Crippen LogP) is 11.6. The maximum absolute atomic E-state index is 15.8. The minimum Gasteiger partial charge on any atom is -0.379 e. The number of nitrogens with zero attached hydrogens (tertiary/aromatic N) is 5. The average Bonchev–Trinajstić information content (AvgIpc) is 3.96. The fourth-order valence-corrected chi connectivity index (χ4v) is 16.3. The van der Waals surface area contributed by atoms with E-state index in [1.165, 1.54) is 35.2 Å². The fraction of sp³-hybridized carbons (Fsp3) is 0.382. The molecule has 0 bridgehead atoms. The van der Waals surface area contributed by atoms with Crippen molar-refractivity contribution < 1.29 is 48.2 Å². The van der Waals surface area contributed by atoms with Gasteiger partial charge in [-0.3, -0.25) is 14.1 Å². The zero-order valence-corrected chi connectivity index (χ0v) is 46.8. The molecule has 0 spiro atoms. The number of thioether (sulfide) groups is 1. The summed E-state index contributed by atoms with van der Waals surface area (Å²) < 4.78 is 143. The Balaban J connectivity index is 0.939. The van der Waals surface area contributed by atoms with Gasteiger partial charge in [0.15, 0.2) is 9.84 Å². The summed E-state index contributed by atoms with van der Waals surface area (Å²) in [6.07, 6.45) is 1.83. The van der Waals surface area contributed by atoms with E-state index in [9.17, 15) is 34.6 Å². The molecule has 6 aromatic rings. The number of morpholine rings is 1. The van der Waals surface area contributed by atoms with Crippen LogP contribution in [-0.2, 0) is 39.9 Å². The molecule has 0 aliphatic carbocycles. The summed E-state index contributed by atoms with van der Waals surface area (Å²) in [4.78, 5) is 6.64. The van der Waals surface area contributed by atoms with Crippen LogP contribution in [-0.4, -0.2) is 116 Å². The van der Waals surface area contributed by atoms with Gasteiger partial charge in [-0.2, -0.15) is 13.2 Å². The van der Waals surface area contributed by atoms with Crippen molar-refractivity contribution in [2.45, 2.75) is 59.8 Å². The van der Waals surface area contributed by atoms with Crippen LogP contribution in [0.5, 0.6) is 0 Å². The van der Waals surface area contributed by atoms with Crippen LogP contribution < -0.4 is 19.8 Å². The summed E-state index contributed by atoms with van der Waals surface area (Å²) in [5.41, 5.74) is -0.922. The summed E-state index contributed by atoms with van der Waals surface area (Å²) in [7, 11) is -13.8. The SMILES string of the molecule is Cc1c(S(C)(=O)=O)c(-c2cc(F)cc(N3CCN(c4ccc(N5CCO[P@]5(=O)c5ccc(C[C@H](CCN6CCOCC6)CSc6ccccc6)c(S(=O)(=O)C(F)(F)F)c5)cc4)CC3)c2)c(-c2ccc(Cl)cc2)n1C(C)C. The van der Waals surface area contributed by atoms with Crippen molar-refractivity contribution in [3.63, 3.8) is 0 Å². The Labute approximate surface area is 452 Å². The maximum atomic E-state index is 15.8. The molecule has 3 saturated heterocycles. The summed E-state index contributed by atoms with van der Waals surface area (Å²) in [6, 6.07) is 32.2. The zero-order valence-electron chi connectivity index (χ0n) is 42.7. The van der Waals surface area contributed by atoms with Gasteiger partial charge in [-0.05, 0) is 142 Å². The lowest BCUT2D eigenvalue weighted by Crippen LogP contribution is -2.46. The van der Waals surface area contributed by atoms with Gasteiger partial charge in [0.25, 0.3) is 9.84 Å². The number of piperazine rings is 1. The van der Waals surface area contributed by atoms with Crippen molar-refractivity contribution in [2.24, 2.45) is 5.92 Å². The molecule has 3 aliphatic rings. The van der Waals surface area contributed by atoms with Crippen molar-refractivity contribution >= 4 is 72.9 Å². The standard InChI is InChI=1S/C55H61ClF4N5O7PS3/c1-38(2)65-39(3)54(75(4,67)68)52(53(65)41-10-13-44(56)14-11-41)43-33-45(57)35-48(34-43)63-24-22-62(23-25-63)46-15-17-47(18-16-46)64-28-31-72-73(64,66)49-19-12-42(51(36-49)76(69,70)55(58,59)60)32-40(20-21-61-26-29-71-30-27-61)37-74-50-8-6-5-7-9-50/h5-19,33-36,38,40H,20-32,37H2,1-4H3/t40-,73+/m0/s1. The Morgan fingerprint density at radius 3 is 2.03 bits per heavy atom. The molecule has 3 aliphatic heterocycles. The Hall–Kier alpha value is -4.85. The van der Waals surface area contributed by atoms with E-state index in [0.29, 0.717) is 97.0 Å². The molecule has 0 N–H and O–H groups in total. The predicted molar refractivity (Wildman–Crippen MR) is 296 cm³/mol. The molecule has 3 fully saturated rings. The molecule has 12 nitrogen and oxygen atoms in total. The number of alkyl halides is 3. The average molecular weight is 1140 g/mol. The molecular formula is C55H61ClF4N5O7PS3. The normalized spacial score (nSPS) is 18.5. The minimum absolute atomic E-state index is 0.00199. The van der Waals surface area contributed by atoms with Gasteiger partial charge in [0.1, 0.15) is 5.82 Å². The highest BCUT2D eigenvalue weighted by atomic mass is 35.5. The maximum Gasteiger partial charge on any atom is 0.501 e. The smallest absolute Gasteiger partial charge is 0.379 e. The monoisotopic (exact) mass is 1140 g/mol. The van der Waals surface area contributed by atoms with Crippen LogP contribution in [0, 0.1) is 18.7 Å². The van der Waals surface area contributed by atoms with Crippen molar-refractivity contribution in [1.82, 2.24) is 9.47 Å². The highest BCUT2D eigenvalue weighted by Crippen LogP contribution is 2.56. The Morgan fingerprint density at radius 2 is 1.39 bits per heavy atom. The number of hydrogen-bond acceptors (Lipinski definition) is 11. The lowest BCUT2D eigenvalue weighted by molar-refractivity contribution is -0.0436. The van der Waals surface area contributed by atoms with Gasteiger partial charge >= 0.3 is 13.0 Å². The van der Waals surface area contributed by atoms with Crippen LogP contribution in [0.1, 0.15) is 37.6 Å². The second-order valence-corrected chi connectivity index (χ2v) is 27.4. The second-order valence-electron chi connectivity index (χ2n) is 19.7. The van der Waals surface area contributed by atoms with Gasteiger partial charge in [0.05, 0.1) is 47.2 Å². The second kappa shape index (κ2) is 22.9. The number of rotatable bonds is 17. The summed E-state index contributed by atoms with van der Waals surface area (Å²) in [6.45, 7) is 11.2. The fourth-order valence-electron chi connectivity index (χ4n) is 10.6. The van der Waals surface area contributed by atoms with E-state index >= 15 is 4.39 Å². The van der Waals surface area contributed by atoms with Crippen molar-refractivity contribution in [3.05, 3.63) is 137 Å². The number of anilines is 3. The summed E-state index contributed by atoms with van der Waals surface area (Å²) in [5, 5.41) is 0.372. The molecule has 0 saturated carbocycles. The van der Waals surface area contributed by atoms with Gasteiger partial charge in [-0.25, -0.2) is 21.2 Å². The Kier molecular flexibility index (Phi) is 16.8. The first-order chi connectivity index (χ1) is 36.1. The largest absolute Gasteiger partial charge is 0.501 e. The zero-order chi connectivity index (χ0) is 54.2. The third-order valence-electron chi connectivity index (χ3n) is 14.3. The minimum atomic E-state index is -5.88. The molecule has 9 rings (SSSR count). The molecule has 21 heteroatoms. The number of halogens is 5. The number of sulfone groups is 2. The van der Waals surface area contributed by atoms with Crippen molar-refractivity contribution in [2.75, 3.05) is 98.7 Å². The van der Waals surface area contributed by atoms with Gasteiger partial charge in [0, 0.05) is 95.6 Å². The van der Waals surface area contributed by atoms with E-state index in [-0.39, 0.29) is 47.3 Å². The van der Waals surface area contributed by atoms with Gasteiger partial charge in [-0.1, -0.05) is 48.0 Å². The molecule has 0 radical (unpaired) electrons. The van der Waals surface area contributed by atoms with Gasteiger partial charge in [0.2, 0.25) is 0 Å². The quantitative estimate of drug-likeness (QED) is 0.0491.